The van der Waals surface area contributed by atoms with Crippen molar-refractivity contribution in [2.24, 2.45) is 11.7 Å². The Morgan fingerprint density at radius 1 is 1.41 bits per heavy atom. The summed E-state index contributed by atoms with van der Waals surface area (Å²) < 4.78 is 5.26. The zero-order valence-corrected chi connectivity index (χ0v) is 13.3. The molecule has 2 heterocycles. The first-order valence-corrected chi connectivity index (χ1v) is 7.59. The van der Waals surface area contributed by atoms with Crippen molar-refractivity contribution in [2.45, 2.75) is 25.7 Å². The molecule has 1 atom stereocenters. The lowest BCUT2D eigenvalue weighted by molar-refractivity contribution is -0.132. The van der Waals surface area contributed by atoms with Crippen LogP contribution in [0.2, 0.25) is 0 Å². The highest BCUT2D eigenvalue weighted by molar-refractivity contribution is 5.86. The molecule has 0 saturated carbocycles. The van der Waals surface area contributed by atoms with Gasteiger partial charge in [0.2, 0.25) is 5.91 Å². The average molecular weight is 324 g/mol. The van der Waals surface area contributed by atoms with Crippen molar-refractivity contribution in [2.75, 3.05) is 19.6 Å². The van der Waals surface area contributed by atoms with E-state index in [1.54, 1.807) is 0 Å². The van der Waals surface area contributed by atoms with E-state index in [1.165, 1.54) is 6.42 Å². The molecule has 0 spiro atoms. The van der Waals surface area contributed by atoms with E-state index < -0.39 is 0 Å². The third-order valence-corrected chi connectivity index (χ3v) is 4.22. The molecule has 6 heteroatoms. The third-order valence-electron chi connectivity index (χ3n) is 4.22. The quantitative estimate of drug-likeness (QED) is 0.937. The Labute approximate surface area is 136 Å². The zero-order valence-electron chi connectivity index (χ0n) is 12.5. The first-order valence-electron chi connectivity index (χ1n) is 7.59. The average Bonchev–Trinajstić information content (AvgIpc) is 2.91. The van der Waals surface area contributed by atoms with Crippen molar-refractivity contribution in [3.05, 3.63) is 30.0 Å². The number of halogens is 1. The smallest absolute Gasteiger partial charge is 0.228 e. The fourth-order valence-corrected chi connectivity index (χ4v) is 3.08. The molecule has 1 aliphatic rings. The Hall–Kier alpha value is -1.59. The number of carbonyl (C=O) groups is 1. The summed E-state index contributed by atoms with van der Waals surface area (Å²) in [6.07, 6.45) is 3.55. The summed E-state index contributed by atoms with van der Waals surface area (Å²) in [5, 5.41) is 4.97. The number of hydrogen-bond acceptors (Lipinski definition) is 4. The molecule has 1 unspecified atom stereocenters. The standard InChI is InChI=1S/C16H21N3O2.ClH/c17-8-7-12-4-3-9-19(11-12)16(20)10-14-13-5-1-2-6-15(13)21-18-14;/h1-2,5-6,12H,3-4,7-11,17H2;1H. The minimum absolute atomic E-state index is 0. The van der Waals surface area contributed by atoms with Gasteiger partial charge in [0.1, 0.15) is 5.69 Å². The van der Waals surface area contributed by atoms with Crippen molar-refractivity contribution in [1.82, 2.24) is 10.1 Å². The Balaban J connectivity index is 0.00000176. The molecule has 3 rings (SSSR count). The maximum atomic E-state index is 12.5. The molecule has 1 fully saturated rings. The van der Waals surface area contributed by atoms with Crippen molar-refractivity contribution >= 4 is 29.3 Å². The lowest BCUT2D eigenvalue weighted by Crippen LogP contribution is -2.41. The van der Waals surface area contributed by atoms with Crippen molar-refractivity contribution < 1.29 is 9.32 Å². The zero-order chi connectivity index (χ0) is 14.7. The molecule has 1 aliphatic heterocycles. The van der Waals surface area contributed by atoms with Gasteiger partial charge in [-0.05, 0) is 43.9 Å². The van der Waals surface area contributed by atoms with E-state index in [0.29, 0.717) is 18.9 Å². The minimum Gasteiger partial charge on any atom is -0.356 e. The van der Waals surface area contributed by atoms with Crippen LogP contribution in [-0.2, 0) is 11.2 Å². The number of aromatic nitrogens is 1. The van der Waals surface area contributed by atoms with Crippen LogP contribution in [0.4, 0.5) is 0 Å². The van der Waals surface area contributed by atoms with E-state index in [2.05, 4.69) is 5.16 Å². The molecule has 0 bridgehead atoms. The van der Waals surface area contributed by atoms with Crippen LogP contribution in [0.3, 0.4) is 0 Å². The largest absolute Gasteiger partial charge is 0.356 e. The molecule has 5 nitrogen and oxygen atoms in total. The topological polar surface area (TPSA) is 72.4 Å². The number of rotatable bonds is 4. The number of carbonyl (C=O) groups excluding carboxylic acids is 1. The molecule has 120 valence electrons. The number of hydrogen-bond donors (Lipinski definition) is 1. The van der Waals surface area contributed by atoms with E-state index in [9.17, 15) is 4.79 Å². The summed E-state index contributed by atoms with van der Waals surface area (Å²) in [5.41, 5.74) is 7.10. The SMILES string of the molecule is Cl.NCCC1CCCN(C(=O)Cc2noc3ccccc23)C1. The molecule has 22 heavy (non-hydrogen) atoms. The highest BCUT2D eigenvalue weighted by Gasteiger charge is 2.24. The predicted molar refractivity (Wildman–Crippen MR) is 87.9 cm³/mol. The second-order valence-electron chi connectivity index (χ2n) is 5.73. The third kappa shape index (κ3) is 3.59. The molecule has 0 aliphatic carbocycles. The van der Waals surface area contributed by atoms with Gasteiger partial charge in [0.15, 0.2) is 5.58 Å². The summed E-state index contributed by atoms with van der Waals surface area (Å²) in [4.78, 5) is 14.4. The highest BCUT2D eigenvalue weighted by Crippen LogP contribution is 2.22. The molecule has 1 aromatic carbocycles. The number of likely N-dealkylation sites (tertiary alicyclic amines) is 1. The van der Waals surface area contributed by atoms with Gasteiger partial charge in [-0.2, -0.15) is 0 Å². The van der Waals surface area contributed by atoms with E-state index >= 15 is 0 Å². The number of para-hydroxylation sites is 1. The second-order valence-corrected chi connectivity index (χ2v) is 5.73. The van der Waals surface area contributed by atoms with Crippen molar-refractivity contribution in [3.63, 3.8) is 0 Å². The van der Waals surface area contributed by atoms with E-state index in [-0.39, 0.29) is 18.3 Å². The number of fused-ring (bicyclic) bond motifs is 1. The van der Waals surface area contributed by atoms with Crippen LogP contribution in [0, 0.1) is 5.92 Å². The molecule has 1 amide bonds. The summed E-state index contributed by atoms with van der Waals surface area (Å²) in [6, 6.07) is 7.66. The van der Waals surface area contributed by atoms with Gasteiger partial charge in [0.05, 0.1) is 6.42 Å². The first-order chi connectivity index (χ1) is 10.3. The summed E-state index contributed by atoms with van der Waals surface area (Å²) in [6.45, 7) is 2.36. The van der Waals surface area contributed by atoms with Gasteiger partial charge in [-0.25, -0.2) is 0 Å². The number of piperidine rings is 1. The fraction of sp³-hybridized carbons (Fsp3) is 0.500. The van der Waals surface area contributed by atoms with Crippen LogP contribution in [-0.4, -0.2) is 35.6 Å². The van der Waals surface area contributed by atoms with Crippen LogP contribution < -0.4 is 5.73 Å². The van der Waals surface area contributed by atoms with Crippen LogP contribution in [0.25, 0.3) is 11.0 Å². The second kappa shape index (κ2) is 7.61. The summed E-state index contributed by atoms with van der Waals surface area (Å²) in [7, 11) is 0. The number of benzene rings is 1. The van der Waals surface area contributed by atoms with Gasteiger partial charge >= 0.3 is 0 Å². The monoisotopic (exact) mass is 323 g/mol. The molecule has 2 aromatic rings. The van der Waals surface area contributed by atoms with Crippen LogP contribution in [0.15, 0.2) is 28.8 Å². The maximum Gasteiger partial charge on any atom is 0.228 e. The first kappa shape index (κ1) is 16.8. The molecule has 2 N–H and O–H groups in total. The lowest BCUT2D eigenvalue weighted by atomic mass is 9.94. The van der Waals surface area contributed by atoms with Crippen molar-refractivity contribution in [1.29, 1.82) is 0 Å². The lowest BCUT2D eigenvalue weighted by Gasteiger charge is -2.32. The summed E-state index contributed by atoms with van der Waals surface area (Å²) >= 11 is 0. The van der Waals surface area contributed by atoms with E-state index in [1.807, 2.05) is 29.2 Å². The number of nitrogens with zero attached hydrogens (tertiary/aromatic N) is 2. The Bertz CT molecular complexity index is 627. The van der Waals surface area contributed by atoms with Gasteiger partial charge in [0.25, 0.3) is 0 Å². The minimum atomic E-state index is 0. The molecular formula is C16H22ClN3O2. The van der Waals surface area contributed by atoms with Crippen LogP contribution in [0.5, 0.6) is 0 Å². The Kier molecular flexibility index (Phi) is 5.80. The normalized spacial score (nSPS) is 18.2. The Morgan fingerprint density at radius 3 is 3.05 bits per heavy atom. The maximum absolute atomic E-state index is 12.5. The molecule has 0 radical (unpaired) electrons. The van der Waals surface area contributed by atoms with Gasteiger partial charge in [-0.3, -0.25) is 4.79 Å². The summed E-state index contributed by atoms with van der Waals surface area (Å²) in [5.74, 6) is 0.678. The van der Waals surface area contributed by atoms with Gasteiger partial charge < -0.3 is 15.2 Å². The van der Waals surface area contributed by atoms with Gasteiger partial charge in [0, 0.05) is 18.5 Å². The van der Waals surface area contributed by atoms with E-state index in [4.69, 9.17) is 10.3 Å². The van der Waals surface area contributed by atoms with Crippen LogP contribution >= 0.6 is 12.4 Å². The highest BCUT2D eigenvalue weighted by atomic mass is 35.5. The van der Waals surface area contributed by atoms with Crippen LogP contribution in [0.1, 0.15) is 25.0 Å². The number of amides is 1. The van der Waals surface area contributed by atoms with Crippen molar-refractivity contribution in [3.8, 4) is 0 Å². The van der Waals surface area contributed by atoms with E-state index in [0.717, 1.165) is 42.6 Å². The molecule has 1 saturated heterocycles. The molecular weight excluding hydrogens is 302 g/mol. The van der Waals surface area contributed by atoms with Gasteiger partial charge in [-0.1, -0.05) is 17.3 Å². The predicted octanol–water partition coefficient (Wildman–Crippen LogP) is 2.38. The van der Waals surface area contributed by atoms with Gasteiger partial charge in [-0.15, -0.1) is 12.4 Å². The Morgan fingerprint density at radius 2 is 2.23 bits per heavy atom. The number of nitrogens with two attached hydrogens (primary N) is 1. The molecule has 1 aromatic heterocycles. The fourth-order valence-electron chi connectivity index (χ4n) is 3.08.